The van der Waals surface area contributed by atoms with Gasteiger partial charge in [0.1, 0.15) is 11.5 Å². The lowest BCUT2D eigenvalue weighted by Gasteiger charge is -2.35. The molecule has 0 saturated heterocycles. The molecule has 4 heteroatoms. The van der Waals surface area contributed by atoms with Gasteiger partial charge in [-0.15, -0.1) is 0 Å². The van der Waals surface area contributed by atoms with Gasteiger partial charge >= 0.3 is 0 Å². The highest BCUT2D eigenvalue weighted by molar-refractivity contribution is 6.02. The third kappa shape index (κ3) is 3.56. The Morgan fingerprint density at radius 3 is 2.45 bits per heavy atom. The van der Waals surface area contributed by atoms with Crippen molar-refractivity contribution in [1.82, 2.24) is 0 Å². The van der Waals surface area contributed by atoms with Gasteiger partial charge in [-0.1, -0.05) is 43.3 Å². The predicted octanol–water partition coefficient (Wildman–Crippen LogP) is 7.13. The second kappa shape index (κ2) is 7.73. The van der Waals surface area contributed by atoms with Crippen molar-refractivity contribution in [1.29, 1.82) is 0 Å². The minimum Gasteiger partial charge on any atom is -0.504 e. The van der Waals surface area contributed by atoms with Crippen molar-refractivity contribution >= 4 is 23.1 Å². The number of phenols is 1. The summed E-state index contributed by atoms with van der Waals surface area (Å²) in [6, 6.07) is 16.2. The number of allylic oxidation sites excluding steroid dienone is 1. The zero-order valence-corrected chi connectivity index (χ0v) is 19.7. The molecule has 2 N–H and O–H groups in total. The van der Waals surface area contributed by atoms with E-state index in [1.54, 1.807) is 19.2 Å². The van der Waals surface area contributed by atoms with Crippen LogP contribution in [-0.2, 0) is 6.42 Å². The van der Waals surface area contributed by atoms with Crippen molar-refractivity contribution in [2.75, 3.05) is 12.4 Å². The average molecular weight is 440 g/mol. The van der Waals surface area contributed by atoms with Crippen molar-refractivity contribution in [3.63, 3.8) is 0 Å². The summed E-state index contributed by atoms with van der Waals surface area (Å²) < 4.78 is 12.1. The number of phenolic OH excluding ortho intramolecular Hbond substituents is 1. The van der Waals surface area contributed by atoms with E-state index in [4.69, 9.17) is 9.47 Å². The molecule has 0 aromatic heterocycles. The number of hydrogen-bond acceptors (Lipinski definition) is 4. The van der Waals surface area contributed by atoms with E-state index in [9.17, 15) is 5.11 Å². The Bertz CT molecular complexity index is 1310. The molecule has 5 rings (SSSR count). The molecule has 0 amide bonds. The normalized spacial score (nSPS) is 16.6. The number of ether oxygens (including phenoxy) is 2. The van der Waals surface area contributed by atoms with Crippen LogP contribution in [0.5, 0.6) is 17.2 Å². The minimum absolute atomic E-state index is 0.0950. The smallest absolute Gasteiger partial charge is 0.172 e. The number of nitrogens with one attached hydrogen (secondary N) is 1. The zero-order valence-electron chi connectivity index (χ0n) is 19.7. The molecule has 3 aromatic carbocycles. The number of fused-ring (bicyclic) bond motifs is 5. The Balaban J connectivity index is 1.80. The molecule has 3 aromatic rings. The van der Waals surface area contributed by atoms with Crippen LogP contribution in [0.1, 0.15) is 49.9 Å². The number of rotatable bonds is 3. The highest BCUT2D eigenvalue weighted by Crippen LogP contribution is 2.54. The molecule has 0 fully saturated rings. The van der Waals surface area contributed by atoms with Gasteiger partial charge in [0, 0.05) is 22.4 Å². The fourth-order valence-electron chi connectivity index (χ4n) is 4.95. The molecule has 2 aliphatic heterocycles. The van der Waals surface area contributed by atoms with E-state index in [0.717, 1.165) is 45.7 Å². The van der Waals surface area contributed by atoms with Crippen LogP contribution in [0.25, 0.3) is 28.5 Å². The maximum absolute atomic E-state index is 10.5. The lowest BCUT2D eigenvalue weighted by Crippen LogP contribution is -2.32. The third-order valence-corrected chi connectivity index (χ3v) is 6.36. The molecule has 2 aliphatic rings. The highest BCUT2D eigenvalue weighted by Gasteiger charge is 2.33. The summed E-state index contributed by atoms with van der Waals surface area (Å²) in [5, 5.41) is 14.1. The fraction of sp³-hybridized carbons (Fsp3) is 0.241. The Morgan fingerprint density at radius 2 is 1.76 bits per heavy atom. The van der Waals surface area contributed by atoms with Gasteiger partial charge in [-0.2, -0.15) is 0 Å². The van der Waals surface area contributed by atoms with Crippen LogP contribution in [-0.4, -0.2) is 17.8 Å². The number of hydrogen-bond donors (Lipinski definition) is 2. The van der Waals surface area contributed by atoms with E-state index < -0.39 is 0 Å². The fourth-order valence-corrected chi connectivity index (χ4v) is 4.95. The largest absolute Gasteiger partial charge is 0.504 e. The highest BCUT2D eigenvalue weighted by atomic mass is 16.5. The van der Waals surface area contributed by atoms with E-state index in [2.05, 4.69) is 81.6 Å². The first-order valence-corrected chi connectivity index (χ1v) is 11.4. The summed E-state index contributed by atoms with van der Waals surface area (Å²) in [4.78, 5) is 0. The quantitative estimate of drug-likeness (QED) is 0.456. The van der Waals surface area contributed by atoms with Crippen LogP contribution < -0.4 is 14.8 Å². The first-order valence-electron chi connectivity index (χ1n) is 11.4. The Kier molecular flexibility index (Phi) is 4.97. The molecule has 4 nitrogen and oxygen atoms in total. The summed E-state index contributed by atoms with van der Waals surface area (Å²) in [6.07, 6.45) is 5.35. The Hall–Kier alpha value is -3.66. The van der Waals surface area contributed by atoms with E-state index in [-0.39, 0.29) is 11.3 Å². The predicted molar refractivity (Wildman–Crippen MR) is 136 cm³/mol. The van der Waals surface area contributed by atoms with Gasteiger partial charge in [0.25, 0.3) is 0 Å². The summed E-state index contributed by atoms with van der Waals surface area (Å²) in [5.41, 5.74) is 8.34. The summed E-state index contributed by atoms with van der Waals surface area (Å²) in [5.74, 6) is 1.96. The summed E-state index contributed by atoms with van der Waals surface area (Å²) in [7, 11) is 1.57. The third-order valence-electron chi connectivity index (χ3n) is 6.36. The van der Waals surface area contributed by atoms with Crippen molar-refractivity contribution in [3.05, 3.63) is 76.9 Å². The van der Waals surface area contributed by atoms with Crippen molar-refractivity contribution in [3.8, 4) is 28.4 Å². The number of anilines is 1. The minimum atomic E-state index is -0.144. The van der Waals surface area contributed by atoms with E-state index >= 15 is 0 Å². The van der Waals surface area contributed by atoms with Crippen molar-refractivity contribution < 1.29 is 14.6 Å². The number of methoxy groups -OCH3 is 1. The molecule has 2 heterocycles. The molecule has 0 spiro atoms. The van der Waals surface area contributed by atoms with Crippen LogP contribution in [0.4, 0.5) is 5.69 Å². The average Bonchev–Trinajstić information content (AvgIpc) is 2.78. The monoisotopic (exact) mass is 439 g/mol. The van der Waals surface area contributed by atoms with Crippen LogP contribution in [0, 0.1) is 0 Å². The topological polar surface area (TPSA) is 50.7 Å². The van der Waals surface area contributed by atoms with Gasteiger partial charge in [-0.05, 0) is 68.2 Å². The molecule has 168 valence electrons. The maximum Gasteiger partial charge on any atom is 0.172 e. The molecule has 33 heavy (non-hydrogen) atoms. The SMILES string of the molecule is CCc1ccc(/C=C2\Oc3ccc(O)c(OC)c3-c3ccc4c(c32)C(C)=CC(C)(C)N4)cc1. The molecular formula is C29H29NO3. The maximum atomic E-state index is 10.5. The first kappa shape index (κ1) is 21.2. The molecule has 0 unspecified atom stereocenters. The molecule has 0 atom stereocenters. The van der Waals surface area contributed by atoms with Gasteiger partial charge in [-0.3, -0.25) is 0 Å². The molecular weight excluding hydrogens is 410 g/mol. The number of benzene rings is 3. The van der Waals surface area contributed by atoms with E-state index in [0.29, 0.717) is 11.5 Å². The lowest BCUT2D eigenvalue weighted by molar-refractivity contribution is 0.371. The van der Waals surface area contributed by atoms with Crippen LogP contribution in [0.2, 0.25) is 0 Å². The van der Waals surface area contributed by atoms with Gasteiger partial charge in [-0.25, -0.2) is 0 Å². The van der Waals surface area contributed by atoms with Crippen LogP contribution in [0.15, 0.2) is 54.6 Å². The number of aromatic hydroxyl groups is 1. The van der Waals surface area contributed by atoms with Crippen molar-refractivity contribution in [2.24, 2.45) is 0 Å². The molecule has 0 radical (unpaired) electrons. The van der Waals surface area contributed by atoms with Gasteiger partial charge in [0.05, 0.1) is 18.2 Å². The molecule has 0 saturated carbocycles. The van der Waals surface area contributed by atoms with E-state index in [1.807, 2.05) is 0 Å². The summed E-state index contributed by atoms with van der Waals surface area (Å²) in [6.45, 7) is 8.63. The lowest BCUT2D eigenvalue weighted by atomic mass is 9.82. The Morgan fingerprint density at radius 1 is 1.00 bits per heavy atom. The van der Waals surface area contributed by atoms with Gasteiger partial charge in [0.15, 0.2) is 11.5 Å². The first-order chi connectivity index (χ1) is 15.8. The van der Waals surface area contributed by atoms with Crippen molar-refractivity contribution in [2.45, 2.75) is 39.7 Å². The zero-order chi connectivity index (χ0) is 23.3. The summed E-state index contributed by atoms with van der Waals surface area (Å²) >= 11 is 0. The Labute approximate surface area is 195 Å². The molecule has 0 bridgehead atoms. The molecule has 0 aliphatic carbocycles. The van der Waals surface area contributed by atoms with Crippen LogP contribution in [0.3, 0.4) is 0 Å². The number of aryl methyl sites for hydroxylation is 1. The van der Waals surface area contributed by atoms with E-state index in [1.165, 1.54) is 11.1 Å². The second-order valence-corrected chi connectivity index (χ2v) is 9.28. The van der Waals surface area contributed by atoms with Gasteiger partial charge < -0.3 is 19.9 Å². The second-order valence-electron chi connectivity index (χ2n) is 9.28. The van der Waals surface area contributed by atoms with Gasteiger partial charge in [0.2, 0.25) is 0 Å². The van der Waals surface area contributed by atoms with Crippen LogP contribution >= 0.6 is 0 Å². The standard InChI is InChI=1S/C29H29NO3/c1-6-18-7-9-19(10-8-18)15-24-26-20(27-23(33-24)14-13-22(31)28(27)32-5)11-12-21-25(26)17(2)16-29(3,4)30-21/h7-16,30-31H,6H2,1-5H3/b24-15-.